The lowest BCUT2D eigenvalue weighted by molar-refractivity contribution is -0.121. The normalized spacial score (nSPS) is 30.4. The van der Waals surface area contributed by atoms with Gasteiger partial charge in [-0.05, 0) is 80.0 Å². The fraction of sp³-hybridized carbons (Fsp3) is 0.560. The molecule has 166 valence electrons. The third kappa shape index (κ3) is 4.39. The van der Waals surface area contributed by atoms with E-state index in [0.717, 1.165) is 11.8 Å². The summed E-state index contributed by atoms with van der Waals surface area (Å²) in [6, 6.07) is 6.56. The fourth-order valence-corrected chi connectivity index (χ4v) is 6.09. The van der Waals surface area contributed by atoms with E-state index >= 15 is 0 Å². The van der Waals surface area contributed by atoms with Gasteiger partial charge in [0.2, 0.25) is 0 Å². The van der Waals surface area contributed by atoms with Crippen LogP contribution in [-0.4, -0.2) is 28.7 Å². The molecule has 4 fully saturated rings. The van der Waals surface area contributed by atoms with E-state index in [1.807, 2.05) is 20.8 Å². The molecule has 5 rings (SSSR count). The van der Waals surface area contributed by atoms with Crippen LogP contribution in [0.2, 0.25) is 0 Å². The smallest absolute Gasteiger partial charge is 0.335 e. The molecule has 6 nitrogen and oxygen atoms in total. The second-order valence-electron chi connectivity index (χ2n) is 10.6. The Labute approximate surface area is 184 Å². The summed E-state index contributed by atoms with van der Waals surface area (Å²) < 4.78 is 0. The molecule has 1 aromatic rings. The van der Waals surface area contributed by atoms with Gasteiger partial charge in [0.15, 0.2) is 0 Å². The molecule has 1 amide bonds. The third-order valence-electron chi connectivity index (χ3n) is 7.26. The lowest BCUT2D eigenvalue weighted by Crippen LogP contribution is -2.56. The van der Waals surface area contributed by atoms with E-state index < -0.39 is 11.4 Å². The number of hydrogen-bond donors (Lipinski definition) is 3. The summed E-state index contributed by atoms with van der Waals surface area (Å²) in [4.78, 5) is 29.2. The van der Waals surface area contributed by atoms with Gasteiger partial charge in [0.1, 0.15) is 0 Å². The summed E-state index contributed by atoms with van der Waals surface area (Å²) in [5.74, 6) is 1.72. The first-order valence-electron chi connectivity index (χ1n) is 11.3. The minimum atomic E-state index is -0.982. The van der Waals surface area contributed by atoms with Crippen LogP contribution in [0.25, 0.3) is 0 Å². The van der Waals surface area contributed by atoms with Crippen LogP contribution < -0.4 is 11.1 Å². The molecule has 4 aliphatic carbocycles. The van der Waals surface area contributed by atoms with Gasteiger partial charge in [0.25, 0.3) is 5.91 Å². The Balaban J connectivity index is 1.57. The predicted octanol–water partition coefficient (Wildman–Crippen LogP) is 4.29. The summed E-state index contributed by atoms with van der Waals surface area (Å²) in [6.07, 6.45) is 7.67. The molecule has 4 bridgehead atoms. The van der Waals surface area contributed by atoms with Gasteiger partial charge >= 0.3 is 5.97 Å². The Bertz CT molecular complexity index is 896. The molecule has 4 N–H and O–H groups in total. The highest BCUT2D eigenvalue weighted by Crippen LogP contribution is 2.53. The largest absolute Gasteiger partial charge is 0.478 e. The number of hydrogen-bond acceptors (Lipinski definition) is 4. The van der Waals surface area contributed by atoms with E-state index in [1.54, 1.807) is 12.1 Å². The van der Waals surface area contributed by atoms with Crippen molar-refractivity contribution in [2.24, 2.45) is 39.8 Å². The molecule has 0 radical (unpaired) electrons. The molecule has 0 saturated heterocycles. The van der Waals surface area contributed by atoms with Crippen LogP contribution in [0.3, 0.4) is 0 Å². The van der Waals surface area contributed by atoms with Crippen LogP contribution in [0.15, 0.2) is 41.0 Å². The molecule has 4 saturated carbocycles. The van der Waals surface area contributed by atoms with Crippen LogP contribution in [-0.2, 0) is 4.79 Å². The molecule has 31 heavy (non-hydrogen) atoms. The van der Waals surface area contributed by atoms with Crippen molar-refractivity contribution >= 4 is 23.3 Å². The number of carbonyl (C=O) groups excluding carboxylic acids is 1. The standard InChI is InChI=1S/C25H33N3O3/c1-25(2,3)22(27-19-6-4-16(5-7-19)24(30)31)20(13-26)23(29)28-21-17-9-14-8-15(11-17)12-18(21)10-14/h4-7,13-15,17-18,21H,8-12,26H2,1-3H3,(H,28,29)(H,30,31)/b20-13+,27-22?. The van der Waals surface area contributed by atoms with Gasteiger partial charge in [-0.3, -0.25) is 9.79 Å². The first-order valence-corrected chi connectivity index (χ1v) is 11.3. The molecule has 0 heterocycles. The highest BCUT2D eigenvalue weighted by Gasteiger charge is 2.48. The molecular formula is C25H33N3O3. The number of aromatic carboxylic acids is 1. The van der Waals surface area contributed by atoms with Gasteiger partial charge in [-0.2, -0.15) is 0 Å². The second kappa shape index (κ2) is 8.13. The van der Waals surface area contributed by atoms with Crippen LogP contribution in [0.5, 0.6) is 0 Å². The SMILES string of the molecule is CC(C)(C)C(=Nc1ccc(C(=O)O)cc1)/C(=C\N)C(=O)NC1C2CC3CC(C2)CC1C3. The van der Waals surface area contributed by atoms with Gasteiger partial charge < -0.3 is 16.2 Å². The van der Waals surface area contributed by atoms with Gasteiger partial charge in [0.05, 0.1) is 22.5 Å². The third-order valence-corrected chi connectivity index (χ3v) is 7.26. The van der Waals surface area contributed by atoms with Crippen molar-refractivity contribution in [2.45, 2.75) is 58.9 Å². The molecule has 1 aromatic carbocycles. The number of benzene rings is 1. The summed E-state index contributed by atoms with van der Waals surface area (Å²) in [5.41, 5.74) is 7.32. The van der Waals surface area contributed by atoms with Crippen molar-refractivity contribution in [3.05, 3.63) is 41.6 Å². The van der Waals surface area contributed by atoms with E-state index in [4.69, 9.17) is 15.8 Å². The molecule has 0 spiro atoms. The highest BCUT2D eigenvalue weighted by atomic mass is 16.4. The second-order valence-corrected chi connectivity index (χ2v) is 10.6. The number of rotatable bonds is 5. The average Bonchev–Trinajstić information content (AvgIpc) is 2.69. The zero-order chi connectivity index (χ0) is 22.3. The number of nitrogens with zero attached hydrogens (tertiary/aromatic N) is 1. The van der Waals surface area contributed by atoms with Gasteiger partial charge in [-0.1, -0.05) is 20.8 Å². The van der Waals surface area contributed by atoms with E-state index in [2.05, 4.69) is 5.32 Å². The van der Waals surface area contributed by atoms with Crippen molar-refractivity contribution in [2.75, 3.05) is 0 Å². The van der Waals surface area contributed by atoms with Crippen molar-refractivity contribution in [3.63, 3.8) is 0 Å². The number of carboxylic acids is 1. The number of carbonyl (C=O) groups is 2. The molecule has 0 atom stereocenters. The number of nitrogens with one attached hydrogen (secondary N) is 1. The van der Waals surface area contributed by atoms with Crippen molar-refractivity contribution < 1.29 is 14.7 Å². The summed E-state index contributed by atoms with van der Waals surface area (Å²) >= 11 is 0. The maximum atomic E-state index is 13.4. The fourth-order valence-electron chi connectivity index (χ4n) is 6.09. The van der Waals surface area contributed by atoms with E-state index in [-0.39, 0.29) is 17.5 Å². The maximum absolute atomic E-state index is 13.4. The van der Waals surface area contributed by atoms with E-state index in [0.29, 0.717) is 28.8 Å². The minimum Gasteiger partial charge on any atom is -0.478 e. The Hall–Kier alpha value is -2.63. The minimum absolute atomic E-state index is 0.157. The summed E-state index contributed by atoms with van der Waals surface area (Å²) in [5, 5.41) is 12.4. The van der Waals surface area contributed by atoms with Crippen LogP contribution in [0.1, 0.15) is 63.2 Å². The Morgan fingerprint density at radius 1 is 1.03 bits per heavy atom. The maximum Gasteiger partial charge on any atom is 0.335 e. The topological polar surface area (TPSA) is 105 Å². The number of aliphatic imine (C=N–C) groups is 1. The number of carboxylic acid groups (broad SMARTS) is 1. The molecular weight excluding hydrogens is 390 g/mol. The molecule has 6 heteroatoms. The summed E-state index contributed by atoms with van der Waals surface area (Å²) in [7, 11) is 0. The zero-order valence-electron chi connectivity index (χ0n) is 18.6. The highest BCUT2D eigenvalue weighted by molar-refractivity contribution is 6.23. The van der Waals surface area contributed by atoms with Crippen LogP contribution in [0, 0.1) is 29.1 Å². The van der Waals surface area contributed by atoms with Crippen LogP contribution >= 0.6 is 0 Å². The molecule has 0 aromatic heterocycles. The first-order chi connectivity index (χ1) is 14.7. The van der Waals surface area contributed by atoms with E-state index in [9.17, 15) is 9.59 Å². The summed E-state index contributed by atoms with van der Waals surface area (Å²) in [6.45, 7) is 5.99. The molecule has 0 aliphatic heterocycles. The number of amides is 1. The number of nitrogens with two attached hydrogens (primary N) is 1. The lowest BCUT2D eigenvalue weighted by Gasteiger charge is -2.54. The molecule has 0 unspecified atom stereocenters. The predicted molar refractivity (Wildman–Crippen MR) is 121 cm³/mol. The Morgan fingerprint density at radius 2 is 1.58 bits per heavy atom. The van der Waals surface area contributed by atoms with E-state index in [1.165, 1.54) is 50.4 Å². The quantitative estimate of drug-likeness (QED) is 0.485. The first kappa shape index (κ1) is 21.6. The Kier molecular flexibility index (Phi) is 5.67. The van der Waals surface area contributed by atoms with Crippen molar-refractivity contribution in [3.8, 4) is 0 Å². The lowest BCUT2D eigenvalue weighted by atomic mass is 9.54. The molecule has 4 aliphatic rings. The average molecular weight is 424 g/mol. The van der Waals surface area contributed by atoms with Gasteiger partial charge in [-0.15, -0.1) is 0 Å². The van der Waals surface area contributed by atoms with Crippen molar-refractivity contribution in [1.29, 1.82) is 0 Å². The van der Waals surface area contributed by atoms with Crippen molar-refractivity contribution in [1.82, 2.24) is 5.32 Å². The monoisotopic (exact) mass is 423 g/mol. The van der Waals surface area contributed by atoms with Gasteiger partial charge in [0, 0.05) is 17.7 Å². The van der Waals surface area contributed by atoms with Crippen LogP contribution in [0.4, 0.5) is 5.69 Å². The van der Waals surface area contributed by atoms with Gasteiger partial charge in [-0.25, -0.2) is 4.79 Å². The zero-order valence-corrected chi connectivity index (χ0v) is 18.6. The Morgan fingerprint density at radius 3 is 2.03 bits per heavy atom.